The minimum atomic E-state index is -1.29. The molecule has 238 valence electrons. The minimum absolute atomic E-state index is 0.243. The summed E-state index contributed by atoms with van der Waals surface area (Å²) in [5.41, 5.74) is 2.18. The van der Waals surface area contributed by atoms with Crippen molar-refractivity contribution in [1.29, 1.82) is 0 Å². The van der Waals surface area contributed by atoms with Gasteiger partial charge in [0, 0.05) is 31.6 Å². The van der Waals surface area contributed by atoms with Crippen LogP contribution in [0.1, 0.15) is 29.2 Å². The summed E-state index contributed by atoms with van der Waals surface area (Å²) in [6.07, 6.45) is -0.573. The van der Waals surface area contributed by atoms with Gasteiger partial charge in [0.25, 0.3) is 0 Å². The lowest BCUT2D eigenvalue weighted by Gasteiger charge is -2.23. The highest BCUT2D eigenvalue weighted by Crippen LogP contribution is 2.33. The summed E-state index contributed by atoms with van der Waals surface area (Å²) in [6, 6.07) is 15.8. The van der Waals surface area contributed by atoms with Crippen molar-refractivity contribution < 1.29 is 43.1 Å². The van der Waals surface area contributed by atoms with Gasteiger partial charge in [0.15, 0.2) is 11.5 Å². The van der Waals surface area contributed by atoms with Gasteiger partial charge in [-0.1, -0.05) is 18.2 Å². The molecule has 0 saturated carbocycles. The van der Waals surface area contributed by atoms with Crippen molar-refractivity contribution in [3.05, 3.63) is 71.3 Å². The van der Waals surface area contributed by atoms with Crippen LogP contribution < -0.4 is 39.1 Å². The second kappa shape index (κ2) is 16.9. The van der Waals surface area contributed by atoms with Crippen LogP contribution >= 0.6 is 0 Å². The van der Waals surface area contributed by atoms with E-state index in [0.29, 0.717) is 59.4 Å². The number of carbonyl (C=O) groups is 2. The minimum Gasteiger partial charge on any atom is -0.497 e. The highest BCUT2D eigenvalue weighted by atomic mass is 16.5. The third-order valence-corrected chi connectivity index (χ3v) is 7.27. The first-order valence-corrected chi connectivity index (χ1v) is 14.1. The molecule has 2 atom stereocenters. The molecule has 11 nitrogen and oxygen atoms in total. The maximum atomic E-state index is 13.5. The fraction of sp³-hybridized carbons (Fsp3) is 0.394. The second-order valence-corrected chi connectivity index (χ2v) is 9.87. The molecular formula is C33H42N2O9. The Balaban J connectivity index is 1.72. The molecule has 11 heteroatoms. The van der Waals surface area contributed by atoms with Crippen molar-refractivity contribution in [1.82, 2.24) is 10.6 Å². The standard InChI is InChI=1S/C33H42N2O9/c1-39-24-10-7-21(28(18-24)42-4)13-15-34-31(36)20-26(32(37)23-9-12-27(41-3)30(17-23)44-6)33(38)35-16-14-22-8-11-25(40-2)19-29(22)43-5/h7-12,17-19,26,32,37H,13-16,20H2,1-6H3,(H,34,36)(H,35,38)/t26-,32+/m1/s1. The SMILES string of the molecule is COc1ccc(CCNC(=O)C[C@@H](C(=O)NCCc2ccc(OC)cc2OC)[C@@H](O)c2ccc(OC)c(OC)c2)c(OC)c1. The van der Waals surface area contributed by atoms with E-state index >= 15 is 0 Å². The summed E-state index contributed by atoms with van der Waals surface area (Å²) < 4.78 is 32.1. The summed E-state index contributed by atoms with van der Waals surface area (Å²) in [4.78, 5) is 26.5. The van der Waals surface area contributed by atoms with E-state index in [0.717, 1.165) is 11.1 Å². The molecule has 0 fully saturated rings. The fourth-order valence-electron chi connectivity index (χ4n) is 4.79. The van der Waals surface area contributed by atoms with Gasteiger partial charge < -0.3 is 44.2 Å². The Morgan fingerprint density at radius 1 is 0.636 bits per heavy atom. The quantitative estimate of drug-likeness (QED) is 0.210. The Hall–Kier alpha value is -4.64. The van der Waals surface area contributed by atoms with Crippen LogP contribution in [0.15, 0.2) is 54.6 Å². The van der Waals surface area contributed by atoms with Gasteiger partial charge in [0.05, 0.1) is 54.7 Å². The Bertz CT molecular complexity index is 1400. The Morgan fingerprint density at radius 2 is 1.16 bits per heavy atom. The monoisotopic (exact) mass is 610 g/mol. The summed E-state index contributed by atoms with van der Waals surface area (Å²) in [5.74, 6) is 1.54. The Labute approximate surface area is 258 Å². The fourth-order valence-corrected chi connectivity index (χ4v) is 4.79. The van der Waals surface area contributed by atoms with Crippen LogP contribution in [-0.4, -0.2) is 72.7 Å². The number of rotatable bonds is 17. The number of carbonyl (C=O) groups excluding carboxylic acids is 2. The Kier molecular flexibility index (Phi) is 13.0. The molecule has 3 aromatic carbocycles. The first-order chi connectivity index (χ1) is 21.3. The van der Waals surface area contributed by atoms with E-state index in [2.05, 4.69) is 10.6 Å². The van der Waals surface area contributed by atoms with Gasteiger partial charge in [-0.25, -0.2) is 0 Å². The molecule has 0 spiro atoms. The molecule has 0 aliphatic heterocycles. The van der Waals surface area contributed by atoms with E-state index in [1.807, 2.05) is 24.3 Å². The van der Waals surface area contributed by atoms with Crippen molar-refractivity contribution in [2.75, 3.05) is 55.7 Å². The van der Waals surface area contributed by atoms with Crippen LogP contribution in [0, 0.1) is 5.92 Å². The van der Waals surface area contributed by atoms with Gasteiger partial charge in [-0.3, -0.25) is 9.59 Å². The van der Waals surface area contributed by atoms with E-state index in [4.69, 9.17) is 28.4 Å². The lowest BCUT2D eigenvalue weighted by molar-refractivity contribution is -0.134. The molecule has 0 saturated heterocycles. The molecule has 0 heterocycles. The lowest BCUT2D eigenvalue weighted by Crippen LogP contribution is -2.39. The van der Waals surface area contributed by atoms with E-state index in [1.54, 1.807) is 58.8 Å². The molecule has 0 aliphatic rings. The molecule has 3 aromatic rings. The van der Waals surface area contributed by atoms with E-state index in [9.17, 15) is 14.7 Å². The summed E-state index contributed by atoms with van der Waals surface area (Å²) >= 11 is 0. The van der Waals surface area contributed by atoms with Crippen LogP contribution in [0.25, 0.3) is 0 Å². The van der Waals surface area contributed by atoms with Gasteiger partial charge in [-0.15, -0.1) is 0 Å². The molecule has 0 radical (unpaired) electrons. The van der Waals surface area contributed by atoms with Crippen LogP contribution in [0.2, 0.25) is 0 Å². The van der Waals surface area contributed by atoms with Crippen molar-refractivity contribution in [2.45, 2.75) is 25.4 Å². The number of hydrogen-bond donors (Lipinski definition) is 3. The molecule has 3 rings (SSSR count). The highest BCUT2D eigenvalue weighted by molar-refractivity contribution is 5.86. The summed E-state index contributed by atoms with van der Waals surface area (Å²) in [7, 11) is 9.28. The molecule has 0 unspecified atom stereocenters. The van der Waals surface area contributed by atoms with Crippen molar-refractivity contribution >= 4 is 11.8 Å². The zero-order valence-electron chi connectivity index (χ0n) is 26.1. The summed E-state index contributed by atoms with van der Waals surface area (Å²) in [5, 5.41) is 17.1. The van der Waals surface area contributed by atoms with Crippen LogP contribution in [0.4, 0.5) is 0 Å². The number of ether oxygens (including phenoxy) is 6. The van der Waals surface area contributed by atoms with Gasteiger partial charge in [0.1, 0.15) is 23.0 Å². The normalized spacial score (nSPS) is 12.0. The van der Waals surface area contributed by atoms with E-state index in [1.165, 1.54) is 14.2 Å². The molecular weight excluding hydrogens is 568 g/mol. The lowest BCUT2D eigenvalue weighted by atomic mass is 9.91. The average molecular weight is 611 g/mol. The van der Waals surface area contributed by atoms with Crippen LogP contribution in [-0.2, 0) is 22.4 Å². The maximum Gasteiger partial charge on any atom is 0.226 e. The van der Waals surface area contributed by atoms with Gasteiger partial charge in [0.2, 0.25) is 11.8 Å². The predicted molar refractivity (Wildman–Crippen MR) is 165 cm³/mol. The van der Waals surface area contributed by atoms with Crippen molar-refractivity contribution in [3.8, 4) is 34.5 Å². The largest absolute Gasteiger partial charge is 0.497 e. The zero-order valence-corrected chi connectivity index (χ0v) is 26.1. The molecule has 0 bridgehead atoms. The predicted octanol–water partition coefficient (Wildman–Crippen LogP) is 3.50. The Morgan fingerprint density at radius 3 is 1.66 bits per heavy atom. The van der Waals surface area contributed by atoms with Crippen molar-refractivity contribution in [2.24, 2.45) is 5.92 Å². The van der Waals surface area contributed by atoms with Crippen molar-refractivity contribution in [3.63, 3.8) is 0 Å². The van der Waals surface area contributed by atoms with E-state index in [-0.39, 0.29) is 18.9 Å². The summed E-state index contributed by atoms with van der Waals surface area (Å²) in [6.45, 7) is 0.565. The number of methoxy groups -OCH3 is 6. The topological polar surface area (TPSA) is 134 Å². The van der Waals surface area contributed by atoms with Crippen LogP contribution in [0.5, 0.6) is 34.5 Å². The third kappa shape index (κ3) is 8.93. The third-order valence-electron chi connectivity index (χ3n) is 7.27. The number of benzene rings is 3. The number of aliphatic hydroxyl groups is 1. The average Bonchev–Trinajstić information content (AvgIpc) is 3.06. The van der Waals surface area contributed by atoms with Gasteiger partial charge in [-0.05, 0) is 53.8 Å². The second-order valence-electron chi connectivity index (χ2n) is 9.87. The molecule has 3 N–H and O–H groups in total. The molecule has 44 heavy (non-hydrogen) atoms. The van der Waals surface area contributed by atoms with Crippen LogP contribution in [0.3, 0.4) is 0 Å². The van der Waals surface area contributed by atoms with Gasteiger partial charge in [-0.2, -0.15) is 0 Å². The molecule has 0 aliphatic carbocycles. The smallest absolute Gasteiger partial charge is 0.226 e. The van der Waals surface area contributed by atoms with Gasteiger partial charge >= 0.3 is 0 Å². The zero-order chi connectivity index (χ0) is 32.1. The molecule has 0 aromatic heterocycles. The first kappa shape index (κ1) is 33.9. The maximum absolute atomic E-state index is 13.5. The number of hydrogen-bond acceptors (Lipinski definition) is 9. The number of aliphatic hydroxyl groups excluding tert-OH is 1. The first-order valence-electron chi connectivity index (χ1n) is 14.1. The highest BCUT2D eigenvalue weighted by Gasteiger charge is 2.31. The molecule has 2 amide bonds. The number of amides is 2. The number of nitrogens with one attached hydrogen (secondary N) is 2. The van der Waals surface area contributed by atoms with E-state index < -0.39 is 17.9 Å².